The van der Waals surface area contributed by atoms with Gasteiger partial charge in [0.05, 0.1) is 0 Å². The highest BCUT2D eigenvalue weighted by Gasteiger charge is 2.17. The fraction of sp³-hybridized carbons (Fsp3) is 0.294. The van der Waals surface area contributed by atoms with Crippen LogP contribution >= 0.6 is 0 Å². The van der Waals surface area contributed by atoms with E-state index >= 15 is 0 Å². The quantitative estimate of drug-likeness (QED) is 0.941. The number of hydrogen-bond acceptors (Lipinski definition) is 2. The number of nitrogens with zero attached hydrogens (tertiary/aromatic N) is 1. The summed E-state index contributed by atoms with van der Waals surface area (Å²) in [6, 6.07) is 12.5. The summed E-state index contributed by atoms with van der Waals surface area (Å²) in [5.74, 6) is 0.361. The van der Waals surface area contributed by atoms with Gasteiger partial charge in [-0.25, -0.2) is 4.68 Å². The van der Waals surface area contributed by atoms with Crippen LogP contribution in [-0.2, 0) is 0 Å². The third kappa shape index (κ3) is 3.05. The van der Waals surface area contributed by atoms with Crippen LogP contribution in [0.15, 0.2) is 53.5 Å². The summed E-state index contributed by atoms with van der Waals surface area (Å²) in [5, 5.41) is 0. The highest BCUT2D eigenvalue weighted by molar-refractivity contribution is 5.99. The molecule has 1 heterocycles. The zero-order chi connectivity index (χ0) is 14.7. The minimum absolute atomic E-state index is 0.256. The Labute approximate surface area is 123 Å². The van der Waals surface area contributed by atoms with Crippen molar-refractivity contribution in [2.75, 3.05) is 5.43 Å². The molecule has 4 heteroatoms. The maximum absolute atomic E-state index is 12.1. The SMILES string of the molecule is O=C(Nn1ccccc1=O)c1ccc(C2CCCC2)cc1. The second-order valence-corrected chi connectivity index (χ2v) is 5.45. The summed E-state index contributed by atoms with van der Waals surface area (Å²) in [6.45, 7) is 0. The predicted octanol–water partition coefficient (Wildman–Crippen LogP) is 2.89. The van der Waals surface area contributed by atoms with Gasteiger partial charge in [-0.1, -0.05) is 31.0 Å². The lowest BCUT2D eigenvalue weighted by Crippen LogP contribution is -2.31. The Morgan fingerprint density at radius 3 is 2.43 bits per heavy atom. The molecule has 1 amide bonds. The highest BCUT2D eigenvalue weighted by atomic mass is 16.2. The van der Waals surface area contributed by atoms with Gasteiger partial charge < -0.3 is 0 Å². The van der Waals surface area contributed by atoms with Crippen molar-refractivity contribution >= 4 is 5.91 Å². The van der Waals surface area contributed by atoms with Gasteiger partial charge in [-0.15, -0.1) is 0 Å². The van der Waals surface area contributed by atoms with Gasteiger partial charge in [0.1, 0.15) is 0 Å². The van der Waals surface area contributed by atoms with Crippen LogP contribution in [-0.4, -0.2) is 10.6 Å². The Morgan fingerprint density at radius 1 is 1.05 bits per heavy atom. The largest absolute Gasteiger partial charge is 0.270 e. The van der Waals surface area contributed by atoms with Crippen molar-refractivity contribution in [1.29, 1.82) is 0 Å². The minimum atomic E-state index is -0.277. The van der Waals surface area contributed by atoms with Gasteiger partial charge in [0.2, 0.25) is 0 Å². The molecule has 1 N–H and O–H groups in total. The van der Waals surface area contributed by atoms with E-state index in [4.69, 9.17) is 0 Å². The second-order valence-electron chi connectivity index (χ2n) is 5.45. The van der Waals surface area contributed by atoms with Crippen LogP contribution in [0.1, 0.15) is 47.5 Å². The smallest absolute Gasteiger partial charge is 0.268 e. The van der Waals surface area contributed by atoms with Crippen LogP contribution in [0.5, 0.6) is 0 Å². The molecular formula is C17H18N2O2. The topological polar surface area (TPSA) is 51.1 Å². The van der Waals surface area contributed by atoms with E-state index in [-0.39, 0.29) is 11.5 Å². The van der Waals surface area contributed by atoms with Crippen molar-refractivity contribution in [3.8, 4) is 0 Å². The van der Waals surface area contributed by atoms with E-state index in [9.17, 15) is 9.59 Å². The van der Waals surface area contributed by atoms with E-state index in [1.54, 1.807) is 12.1 Å². The number of benzene rings is 1. The molecule has 1 aromatic heterocycles. The Balaban J connectivity index is 1.73. The summed E-state index contributed by atoms with van der Waals surface area (Å²) in [6.07, 6.45) is 6.61. The molecule has 0 atom stereocenters. The Kier molecular flexibility index (Phi) is 3.86. The third-order valence-corrected chi connectivity index (χ3v) is 4.04. The van der Waals surface area contributed by atoms with Gasteiger partial charge in [0, 0.05) is 17.8 Å². The van der Waals surface area contributed by atoms with E-state index in [0.717, 1.165) is 0 Å². The molecule has 0 unspecified atom stereocenters. The fourth-order valence-electron chi connectivity index (χ4n) is 2.86. The molecule has 0 spiro atoms. The number of rotatable bonds is 3. The molecule has 0 aliphatic heterocycles. The van der Waals surface area contributed by atoms with E-state index in [1.165, 1.54) is 48.2 Å². The van der Waals surface area contributed by atoms with Crippen LogP contribution in [0.4, 0.5) is 0 Å². The Bertz CT molecular complexity index is 682. The van der Waals surface area contributed by atoms with E-state index in [2.05, 4.69) is 5.43 Å². The molecular weight excluding hydrogens is 264 g/mol. The monoisotopic (exact) mass is 282 g/mol. The van der Waals surface area contributed by atoms with Crippen molar-refractivity contribution in [3.05, 3.63) is 70.1 Å². The molecule has 1 aromatic carbocycles. The van der Waals surface area contributed by atoms with Crippen molar-refractivity contribution in [2.24, 2.45) is 0 Å². The summed E-state index contributed by atoms with van der Waals surface area (Å²) >= 11 is 0. The summed E-state index contributed by atoms with van der Waals surface area (Å²) in [5.41, 5.74) is 4.19. The average molecular weight is 282 g/mol. The van der Waals surface area contributed by atoms with E-state index in [1.807, 2.05) is 24.3 Å². The van der Waals surface area contributed by atoms with Crippen molar-refractivity contribution in [3.63, 3.8) is 0 Å². The number of nitrogens with one attached hydrogen (secondary N) is 1. The summed E-state index contributed by atoms with van der Waals surface area (Å²) < 4.78 is 1.19. The Hall–Kier alpha value is -2.36. The zero-order valence-electron chi connectivity index (χ0n) is 11.8. The van der Waals surface area contributed by atoms with Gasteiger partial charge >= 0.3 is 0 Å². The first-order valence-corrected chi connectivity index (χ1v) is 7.33. The molecule has 108 valence electrons. The van der Waals surface area contributed by atoms with Crippen LogP contribution in [0.25, 0.3) is 0 Å². The highest BCUT2D eigenvalue weighted by Crippen LogP contribution is 2.33. The first-order valence-electron chi connectivity index (χ1n) is 7.33. The van der Waals surface area contributed by atoms with Gasteiger partial charge in [-0.2, -0.15) is 0 Å². The molecule has 1 aliphatic carbocycles. The van der Waals surface area contributed by atoms with Crippen LogP contribution in [0.2, 0.25) is 0 Å². The number of carbonyl (C=O) groups excluding carboxylic acids is 1. The molecule has 0 saturated heterocycles. The van der Waals surface area contributed by atoms with E-state index in [0.29, 0.717) is 11.5 Å². The van der Waals surface area contributed by atoms with Crippen molar-refractivity contribution < 1.29 is 4.79 Å². The standard InChI is InChI=1S/C17H18N2O2/c20-16-7-3-4-12-19(16)18-17(21)15-10-8-14(9-11-15)13-5-1-2-6-13/h3-4,7-13H,1-2,5-6H2,(H,18,21). The number of carbonyl (C=O) groups is 1. The summed E-state index contributed by atoms with van der Waals surface area (Å²) in [4.78, 5) is 23.7. The predicted molar refractivity (Wildman–Crippen MR) is 82.0 cm³/mol. The zero-order valence-corrected chi connectivity index (χ0v) is 11.8. The molecule has 21 heavy (non-hydrogen) atoms. The first-order chi connectivity index (χ1) is 10.2. The van der Waals surface area contributed by atoms with E-state index < -0.39 is 0 Å². The minimum Gasteiger partial charge on any atom is -0.268 e. The third-order valence-electron chi connectivity index (χ3n) is 4.04. The van der Waals surface area contributed by atoms with Crippen molar-refractivity contribution in [1.82, 2.24) is 4.68 Å². The maximum atomic E-state index is 12.1. The molecule has 1 fully saturated rings. The molecule has 1 saturated carbocycles. The lowest BCUT2D eigenvalue weighted by atomic mass is 9.97. The van der Waals surface area contributed by atoms with Gasteiger partial charge in [-0.3, -0.25) is 15.0 Å². The Morgan fingerprint density at radius 2 is 1.76 bits per heavy atom. The number of hydrogen-bond donors (Lipinski definition) is 1. The van der Waals surface area contributed by atoms with Crippen LogP contribution < -0.4 is 11.0 Å². The van der Waals surface area contributed by atoms with Crippen molar-refractivity contribution in [2.45, 2.75) is 31.6 Å². The molecule has 1 aliphatic rings. The van der Waals surface area contributed by atoms with Gasteiger partial charge in [0.15, 0.2) is 0 Å². The van der Waals surface area contributed by atoms with Crippen LogP contribution in [0, 0.1) is 0 Å². The summed E-state index contributed by atoms with van der Waals surface area (Å²) in [7, 11) is 0. The average Bonchev–Trinajstić information content (AvgIpc) is 3.04. The number of amides is 1. The first kappa shape index (κ1) is 13.6. The molecule has 0 bridgehead atoms. The number of aromatic nitrogens is 1. The molecule has 4 nitrogen and oxygen atoms in total. The maximum Gasteiger partial charge on any atom is 0.270 e. The molecule has 0 radical (unpaired) electrons. The van der Waals surface area contributed by atoms with Gasteiger partial charge in [0.25, 0.3) is 11.5 Å². The molecule has 2 aromatic rings. The second kappa shape index (κ2) is 5.95. The lowest BCUT2D eigenvalue weighted by Gasteiger charge is -2.11. The number of pyridine rings is 1. The van der Waals surface area contributed by atoms with Gasteiger partial charge in [-0.05, 0) is 42.5 Å². The molecule has 3 rings (SSSR count). The normalized spacial score (nSPS) is 15.0. The fourth-order valence-corrected chi connectivity index (χ4v) is 2.86. The lowest BCUT2D eigenvalue weighted by molar-refractivity contribution is 0.101. The van der Waals surface area contributed by atoms with Crippen LogP contribution in [0.3, 0.4) is 0 Å².